The van der Waals surface area contributed by atoms with Crippen LogP contribution in [-0.4, -0.2) is 30.5 Å². The van der Waals surface area contributed by atoms with E-state index in [9.17, 15) is 18.0 Å². The fourth-order valence-electron chi connectivity index (χ4n) is 2.62. The molecule has 2 aromatic rings. The molecule has 0 spiro atoms. The zero-order chi connectivity index (χ0) is 17.3. The lowest BCUT2D eigenvalue weighted by molar-refractivity contribution is -0.137. The minimum atomic E-state index is -4.36. The van der Waals surface area contributed by atoms with Crippen LogP contribution < -0.4 is 0 Å². The Labute approximate surface area is 141 Å². The van der Waals surface area contributed by atoms with Gasteiger partial charge in [0.05, 0.1) is 23.6 Å². The van der Waals surface area contributed by atoms with E-state index in [0.717, 1.165) is 17.7 Å². The Bertz CT molecular complexity index is 724. The highest BCUT2D eigenvalue weighted by Crippen LogP contribution is 2.31. The third-order valence-corrected chi connectivity index (χ3v) is 4.94. The van der Waals surface area contributed by atoms with Crippen LogP contribution in [0.15, 0.2) is 35.7 Å². The fraction of sp³-hybridized carbons (Fsp3) is 0.353. The molecule has 1 aliphatic heterocycles. The summed E-state index contributed by atoms with van der Waals surface area (Å²) >= 11 is 1.40. The lowest BCUT2D eigenvalue weighted by atomic mass is 10.0. The van der Waals surface area contributed by atoms with Crippen LogP contribution in [-0.2, 0) is 10.9 Å². The number of amides is 1. The maximum Gasteiger partial charge on any atom is 0.416 e. The summed E-state index contributed by atoms with van der Waals surface area (Å²) in [6.07, 6.45) is -4.77. The van der Waals surface area contributed by atoms with E-state index in [2.05, 4.69) is 0 Å². The van der Waals surface area contributed by atoms with Crippen LogP contribution in [0.5, 0.6) is 0 Å². The van der Waals surface area contributed by atoms with E-state index in [1.807, 2.05) is 18.4 Å². The van der Waals surface area contributed by atoms with Gasteiger partial charge in [-0.3, -0.25) is 4.79 Å². The van der Waals surface area contributed by atoms with E-state index in [4.69, 9.17) is 4.74 Å². The number of benzene rings is 1. The van der Waals surface area contributed by atoms with Gasteiger partial charge in [0.2, 0.25) is 0 Å². The summed E-state index contributed by atoms with van der Waals surface area (Å²) in [7, 11) is 0. The van der Waals surface area contributed by atoms with Crippen molar-refractivity contribution in [3.05, 3.63) is 57.3 Å². The Hall–Kier alpha value is -1.86. The fourth-order valence-corrected chi connectivity index (χ4v) is 3.49. The maximum atomic E-state index is 12.6. The van der Waals surface area contributed by atoms with Crippen LogP contribution >= 0.6 is 11.3 Å². The predicted octanol–water partition coefficient (Wildman–Crippen LogP) is 4.29. The molecule has 7 heteroatoms. The zero-order valence-corrected chi connectivity index (χ0v) is 13.8. The monoisotopic (exact) mass is 355 g/mol. The van der Waals surface area contributed by atoms with Crippen LogP contribution in [0.25, 0.3) is 0 Å². The smallest absolute Gasteiger partial charge is 0.370 e. The topological polar surface area (TPSA) is 29.5 Å². The van der Waals surface area contributed by atoms with Crippen molar-refractivity contribution in [2.75, 3.05) is 19.7 Å². The second-order valence-electron chi connectivity index (χ2n) is 5.72. The number of thiophene rings is 1. The van der Waals surface area contributed by atoms with Gasteiger partial charge in [-0.05, 0) is 41.6 Å². The van der Waals surface area contributed by atoms with Crippen LogP contribution in [0.3, 0.4) is 0 Å². The molecule has 1 fully saturated rings. The summed E-state index contributed by atoms with van der Waals surface area (Å²) in [5.41, 5.74) is 0.989. The molecular weight excluding hydrogens is 339 g/mol. The van der Waals surface area contributed by atoms with E-state index < -0.39 is 17.8 Å². The molecule has 0 saturated carbocycles. The van der Waals surface area contributed by atoms with E-state index in [1.165, 1.54) is 23.5 Å². The van der Waals surface area contributed by atoms with Crippen LogP contribution in [0.1, 0.15) is 32.5 Å². The first-order valence-electron chi connectivity index (χ1n) is 7.48. The van der Waals surface area contributed by atoms with Crippen molar-refractivity contribution < 1.29 is 22.7 Å². The standard InChI is InChI=1S/C17H16F3NO2S/c1-11-8-15(24-10-11)16(22)21-6-7-23-14(9-21)12-2-4-13(5-3-12)17(18,19)20/h2-5,8,10,14H,6-7,9H2,1H3/t14-/m1/s1. The summed E-state index contributed by atoms with van der Waals surface area (Å²) in [4.78, 5) is 14.9. The lowest BCUT2D eigenvalue weighted by Gasteiger charge is -2.33. The first kappa shape index (κ1) is 17.0. The van der Waals surface area contributed by atoms with Gasteiger partial charge in [-0.15, -0.1) is 11.3 Å². The minimum absolute atomic E-state index is 0.0617. The Morgan fingerprint density at radius 2 is 2.00 bits per heavy atom. The molecule has 2 heterocycles. The number of aryl methyl sites for hydroxylation is 1. The molecule has 0 aliphatic carbocycles. The third kappa shape index (κ3) is 3.62. The SMILES string of the molecule is Cc1csc(C(=O)N2CCO[C@@H](c3ccc(C(F)(F)F)cc3)C2)c1. The highest BCUT2D eigenvalue weighted by Gasteiger charge is 2.31. The average Bonchev–Trinajstić information content (AvgIpc) is 3.00. The Morgan fingerprint density at radius 1 is 1.29 bits per heavy atom. The maximum absolute atomic E-state index is 12.6. The normalized spacial score (nSPS) is 18.7. The Morgan fingerprint density at radius 3 is 2.58 bits per heavy atom. The second kappa shape index (κ2) is 6.57. The molecule has 128 valence electrons. The largest absolute Gasteiger partial charge is 0.416 e. The van der Waals surface area contributed by atoms with E-state index in [0.29, 0.717) is 30.1 Å². The summed E-state index contributed by atoms with van der Waals surface area (Å²) < 4.78 is 43.5. The zero-order valence-electron chi connectivity index (χ0n) is 13.0. The van der Waals surface area contributed by atoms with Crippen molar-refractivity contribution in [2.24, 2.45) is 0 Å². The molecule has 0 unspecified atom stereocenters. The number of alkyl halides is 3. The highest BCUT2D eigenvalue weighted by atomic mass is 32.1. The van der Waals surface area contributed by atoms with Gasteiger partial charge in [-0.25, -0.2) is 0 Å². The highest BCUT2D eigenvalue weighted by molar-refractivity contribution is 7.12. The van der Waals surface area contributed by atoms with Crippen molar-refractivity contribution in [1.82, 2.24) is 4.90 Å². The quantitative estimate of drug-likeness (QED) is 0.804. The molecule has 0 N–H and O–H groups in total. The third-order valence-electron chi connectivity index (χ3n) is 3.90. The summed E-state index contributed by atoms with van der Waals surface area (Å²) in [5, 5.41) is 1.92. The van der Waals surface area contributed by atoms with Gasteiger partial charge in [0, 0.05) is 6.54 Å². The number of rotatable bonds is 2. The van der Waals surface area contributed by atoms with Gasteiger partial charge in [-0.2, -0.15) is 13.2 Å². The van der Waals surface area contributed by atoms with Crippen molar-refractivity contribution in [1.29, 1.82) is 0 Å². The summed E-state index contributed by atoms with van der Waals surface area (Å²) in [6.45, 7) is 3.10. The van der Waals surface area contributed by atoms with Gasteiger partial charge < -0.3 is 9.64 Å². The molecule has 1 amide bonds. The van der Waals surface area contributed by atoms with Crippen LogP contribution in [0.2, 0.25) is 0 Å². The molecule has 0 bridgehead atoms. The van der Waals surface area contributed by atoms with Crippen molar-refractivity contribution in [3.63, 3.8) is 0 Å². The number of nitrogens with zero attached hydrogens (tertiary/aromatic N) is 1. The average molecular weight is 355 g/mol. The van der Waals surface area contributed by atoms with Crippen LogP contribution in [0, 0.1) is 6.92 Å². The van der Waals surface area contributed by atoms with Crippen LogP contribution in [0.4, 0.5) is 13.2 Å². The first-order chi connectivity index (χ1) is 11.3. The van der Waals surface area contributed by atoms with E-state index in [-0.39, 0.29) is 5.91 Å². The Kier molecular flexibility index (Phi) is 4.64. The van der Waals surface area contributed by atoms with E-state index in [1.54, 1.807) is 4.90 Å². The molecule has 1 aromatic carbocycles. The number of hydrogen-bond acceptors (Lipinski definition) is 3. The molecule has 3 nitrogen and oxygen atoms in total. The molecule has 1 aliphatic rings. The molecule has 1 aromatic heterocycles. The van der Waals surface area contributed by atoms with E-state index >= 15 is 0 Å². The van der Waals surface area contributed by atoms with Crippen molar-refractivity contribution in [3.8, 4) is 0 Å². The molecule has 24 heavy (non-hydrogen) atoms. The molecule has 0 radical (unpaired) electrons. The van der Waals surface area contributed by atoms with Gasteiger partial charge in [0.15, 0.2) is 0 Å². The van der Waals surface area contributed by atoms with Gasteiger partial charge in [0.1, 0.15) is 6.10 Å². The number of morpholine rings is 1. The van der Waals surface area contributed by atoms with Crippen molar-refractivity contribution >= 4 is 17.2 Å². The molecular formula is C17H16F3NO2S. The van der Waals surface area contributed by atoms with Gasteiger partial charge >= 0.3 is 6.18 Å². The minimum Gasteiger partial charge on any atom is -0.370 e. The number of ether oxygens (including phenoxy) is 1. The lowest BCUT2D eigenvalue weighted by Crippen LogP contribution is -2.42. The second-order valence-corrected chi connectivity index (χ2v) is 6.63. The number of carbonyl (C=O) groups is 1. The Balaban J connectivity index is 1.72. The molecule has 3 rings (SSSR count). The number of carbonyl (C=O) groups excluding carboxylic acids is 1. The first-order valence-corrected chi connectivity index (χ1v) is 8.36. The number of hydrogen-bond donors (Lipinski definition) is 0. The van der Waals surface area contributed by atoms with Gasteiger partial charge in [-0.1, -0.05) is 12.1 Å². The molecule has 1 atom stereocenters. The van der Waals surface area contributed by atoms with Gasteiger partial charge in [0.25, 0.3) is 5.91 Å². The number of halogens is 3. The summed E-state index contributed by atoms with van der Waals surface area (Å²) in [5.74, 6) is -0.0617. The molecule has 1 saturated heterocycles. The predicted molar refractivity (Wildman–Crippen MR) is 85.1 cm³/mol. The van der Waals surface area contributed by atoms with Crippen molar-refractivity contribution in [2.45, 2.75) is 19.2 Å². The summed E-state index contributed by atoms with van der Waals surface area (Å²) in [6, 6.07) is 6.76.